The molecule has 0 N–H and O–H groups in total. The third kappa shape index (κ3) is 3.71. The molecule has 0 amide bonds. The smallest absolute Gasteiger partial charge is 0.0659 e. The zero-order valence-corrected chi connectivity index (χ0v) is 14.3. The molecule has 0 aromatic rings. The fraction of sp³-hybridized carbons (Fsp3) is 1.00. The van der Waals surface area contributed by atoms with Crippen molar-refractivity contribution >= 4 is 11.6 Å². The molecule has 3 atom stereocenters. The molecule has 0 aromatic carbocycles. The van der Waals surface area contributed by atoms with Crippen molar-refractivity contribution in [3.05, 3.63) is 0 Å². The third-order valence-electron chi connectivity index (χ3n) is 5.80. The summed E-state index contributed by atoms with van der Waals surface area (Å²) in [4.78, 5) is 0. The molecule has 0 aliphatic heterocycles. The molecule has 3 unspecified atom stereocenters. The standard InChI is InChI=1S/C18H33ClO/c1-3-5-10-15(4-2)14-20-17-13-16(19)18(17)11-8-6-7-9-12-18/h15-17H,3-14H2,1-2H3. The lowest BCUT2D eigenvalue weighted by Crippen LogP contribution is -2.55. The van der Waals surface area contributed by atoms with E-state index in [1.807, 2.05) is 0 Å². The molecule has 2 rings (SSSR count). The van der Waals surface area contributed by atoms with E-state index in [1.165, 1.54) is 64.2 Å². The van der Waals surface area contributed by atoms with Crippen molar-refractivity contribution in [2.45, 2.75) is 96.0 Å². The van der Waals surface area contributed by atoms with Gasteiger partial charge in [0.05, 0.1) is 6.10 Å². The summed E-state index contributed by atoms with van der Waals surface area (Å²) < 4.78 is 6.36. The van der Waals surface area contributed by atoms with Crippen LogP contribution in [0.1, 0.15) is 84.5 Å². The molecule has 1 spiro atoms. The molecule has 118 valence electrons. The number of unbranched alkanes of at least 4 members (excludes halogenated alkanes) is 1. The van der Waals surface area contributed by atoms with Gasteiger partial charge < -0.3 is 4.74 Å². The number of halogens is 1. The van der Waals surface area contributed by atoms with Crippen molar-refractivity contribution in [2.75, 3.05) is 6.61 Å². The van der Waals surface area contributed by atoms with Crippen LogP contribution in [-0.2, 0) is 4.74 Å². The molecule has 0 bridgehead atoms. The molecule has 0 radical (unpaired) electrons. The minimum absolute atomic E-state index is 0.334. The van der Waals surface area contributed by atoms with E-state index < -0.39 is 0 Å². The Hall–Kier alpha value is 0.250. The van der Waals surface area contributed by atoms with Gasteiger partial charge in [0.25, 0.3) is 0 Å². The van der Waals surface area contributed by atoms with Crippen molar-refractivity contribution in [1.82, 2.24) is 0 Å². The van der Waals surface area contributed by atoms with Crippen LogP contribution in [0.2, 0.25) is 0 Å². The molecular weight excluding hydrogens is 268 g/mol. The highest BCUT2D eigenvalue weighted by Gasteiger charge is 2.54. The lowest BCUT2D eigenvalue weighted by Gasteiger charge is -2.53. The highest BCUT2D eigenvalue weighted by Crippen LogP contribution is 2.55. The van der Waals surface area contributed by atoms with Gasteiger partial charge in [0.15, 0.2) is 0 Å². The van der Waals surface area contributed by atoms with Crippen molar-refractivity contribution in [1.29, 1.82) is 0 Å². The average Bonchev–Trinajstić information content (AvgIpc) is 2.74. The molecule has 0 saturated heterocycles. The Labute approximate surface area is 130 Å². The van der Waals surface area contributed by atoms with E-state index in [2.05, 4.69) is 13.8 Å². The second-order valence-corrected chi connectivity index (χ2v) is 7.62. The Morgan fingerprint density at radius 3 is 2.40 bits per heavy atom. The summed E-state index contributed by atoms with van der Waals surface area (Å²) in [5.74, 6) is 0.757. The minimum atomic E-state index is 0.334. The Morgan fingerprint density at radius 1 is 1.15 bits per heavy atom. The first-order chi connectivity index (χ1) is 9.73. The van der Waals surface area contributed by atoms with Crippen LogP contribution in [0, 0.1) is 11.3 Å². The van der Waals surface area contributed by atoms with E-state index >= 15 is 0 Å². The summed E-state index contributed by atoms with van der Waals surface area (Å²) in [7, 11) is 0. The van der Waals surface area contributed by atoms with Gasteiger partial charge in [-0.3, -0.25) is 0 Å². The van der Waals surface area contributed by atoms with Crippen LogP contribution in [0.25, 0.3) is 0 Å². The van der Waals surface area contributed by atoms with Gasteiger partial charge in [-0.2, -0.15) is 0 Å². The number of alkyl halides is 1. The largest absolute Gasteiger partial charge is 0.377 e. The summed E-state index contributed by atoms with van der Waals surface area (Å²) in [6.07, 6.45) is 14.9. The topological polar surface area (TPSA) is 9.23 Å². The summed E-state index contributed by atoms with van der Waals surface area (Å²) in [5.41, 5.74) is 0.334. The first-order valence-electron chi connectivity index (χ1n) is 8.98. The Kier molecular flexibility index (Phi) is 6.68. The van der Waals surface area contributed by atoms with Crippen LogP contribution in [-0.4, -0.2) is 18.1 Å². The molecule has 2 aliphatic rings. The fourth-order valence-electron chi connectivity index (χ4n) is 4.10. The van der Waals surface area contributed by atoms with Gasteiger partial charge in [0, 0.05) is 17.4 Å². The molecule has 2 fully saturated rings. The van der Waals surface area contributed by atoms with Crippen LogP contribution >= 0.6 is 11.6 Å². The van der Waals surface area contributed by atoms with Gasteiger partial charge >= 0.3 is 0 Å². The average molecular weight is 301 g/mol. The van der Waals surface area contributed by atoms with Crippen molar-refractivity contribution in [3.63, 3.8) is 0 Å². The highest BCUT2D eigenvalue weighted by atomic mass is 35.5. The van der Waals surface area contributed by atoms with E-state index in [1.54, 1.807) is 0 Å². The molecule has 20 heavy (non-hydrogen) atoms. The highest BCUT2D eigenvalue weighted by molar-refractivity contribution is 6.21. The number of hydrogen-bond acceptors (Lipinski definition) is 1. The van der Waals surface area contributed by atoms with Crippen molar-refractivity contribution in [2.24, 2.45) is 11.3 Å². The zero-order valence-electron chi connectivity index (χ0n) is 13.5. The van der Waals surface area contributed by atoms with Crippen LogP contribution in [0.3, 0.4) is 0 Å². The second-order valence-electron chi connectivity index (χ2n) is 7.09. The van der Waals surface area contributed by atoms with Gasteiger partial charge in [-0.1, -0.05) is 58.8 Å². The summed E-state index contributed by atoms with van der Waals surface area (Å²) in [5, 5.41) is 0.376. The molecular formula is C18H33ClO. The zero-order chi connectivity index (χ0) is 14.4. The third-order valence-corrected chi connectivity index (χ3v) is 6.41. The summed E-state index contributed by atoms with van der Waals surface area (Å²) in [6, 6.07) is 0. The quantitative estimate of drug-likeness (QED) is 0.529. The Balaban J connectivity index is 1.82. The molecule has 0 aromatic heterocycles. The van der Waals surface area contributed by atoms with E-state index in [4.69, 9.17) is 16.3 Å². The van der Waals surface area contributed by atoms with Gasteiger partial charge in [0.1, 0.15) is 0 Å². The lowest BCUT2D eigenvalue weighted by molar-refractivity contribution is -0.124. The normalized spacial score (nSPS) is 30.8. The van der Waals surface area contributed by atoms with E-state index in [0.717, 1.165) is 18.9 Å². The van der Waals surface area contributed by atoms with Gasteiger partial charge in [-0.05, 0) is 31.6 Å². The van der Waals surface area contributed by atoms with E-state index in [9.17, 15) is 0 Å². The Bertz CT molecular complexity index is 271. The molecule has 1 nitrogen and oxygen atoms in total. The fourth-order valence-corrected chi connectivity index (χ4v) is 4.63. The van der Waals surface area contributed by atoms with E-state index in [0.29, 0.717) is 16.9 Å². The second kappa shape index (κ2) is 8.03. The molecule has 2 aliphatic carbocycles. The first kappa shape index (κ1) is 16.6. The predicted molar refractivity (Wildman–Crippen MR) is 87.4 cm³/mol. The van der Waals surface area contributed by atoms with Gasteiger partial charge in [0.2, 0.25) is 0 Å². The lowest BCUT2D eigenvalue weighted by atomic mass is 9.61. The van der Waals surface area contributed by atoms with Gasteiger partial charge in [-0.25, -0.2) is 0 Å². The summed E-state index contributed by atoms with van der Waals surface area (Å²) in [6.45, 7) is 5.54. The molecule has 2 saturated carbocycles. The van der Waals surface area contributed by atoms with Crippen molar-refractivity contribution in [3.8, 4) is 0 Å². The predicted octanol–water partition coefficient (Wildman–Crippen LogP) is 5.94. The number of rotatable bonds is 7. The first-order valence-corrected chi connectivity index (χ1v) is 9.42. The van der Waals surface area contributed by atoms with Gasteiger partial charge in [-0.15, -0.1) is 11.6 Å². The molecule has 0 heterocycles. The minimum Gasteiger partial charge on any atom is -0.377 e. The maximum absolute atomic E-state index is 6.60. The summed E-state index contributed by atoms with van der Waals surface area (Å²) >= 11 is 6.60. The van der Waals surface area contributed by atoms with Crippen LogP contribution in [0.5, 0.6) is 0 Å². The number of ether oxygens (including phenoxy) is 1. The Morgan fingerprint density at radius 2 is 1.85 bits per heavy atom. The van der Waals surface area contributed by atoms with Crippen LogP contribution < -0.4 is 0 Å². The number of hydrogen-bond donors (Lipinski definition) is 0. The maximum atomic E-state index is 6.60. The van der Waals surface area contributed by atoms with Crippen LogP contribution in [0.4, 0.5) is 0 Å². The maximum Gasteiger partial charge on any atom is 0.0659 e. The van der Waals surface area contributed by atoms with E-state index in [-0.39, 0.29) is 0 Å². The van der Waals surface area contributed by atoms with Crippen LogP contribution in [0.15, 0.2) is 0 Å². The monoisotopic (exact) mass is 300 g/mol. The SMILES string of the molecule is CCCCC(CC)COC1CC(Cl)C12CCCCCC2. The van der Waals surface area contributed by atoms with Crippen molar-refractivity contribution < 1.29 is 4.74 Å². The molecule has 2 heteroatoms.